The molecule has 55 heavy (non-hydrogen) atoms. The van der Waals surface area contributed by atoms with Gasteiger partial charge in [-0.15, -0.1) is 0 Å². The lowest BCUT2D eigenvalue weighted by Crippen LogP contribution is -2.29. The zero-order chi connectivity index (χ0) is 39.8. The molecule has 1 saturated heterocycles. The summed E-state index contributed by atoms with van der Waals surface area (Å²) in [5.41, 5.74) is 24.7. The van der Waals surface area contributed by atoms with Crippen LogP contribution in [0.25, 0.3) is 31.9 Å². The third kappa shape index (κ3) is 11.5. The number of carbonyl (C=O) groups is 1. The Kier molecular flexibility index (Phi) is 13.5. The summed E-state index contributed by atoms with van der Waals surface area (Å²) in [6.07, 6.45) is 2.37. The van der Waals surface area contributed by atoms with E-state index in [4.69, 9.17) is 50.1 Å². The van der Waals surface area contributed by atoms with Crippen molar-refractivity contribution in [1.82, 2.24) is 14.5 Å². The first kappa shape index (κ1) is 41.6. The molecule has 1 aromatic carbocycles. The van der Waals surface area contributed by atoms with E-state index in [0.717, 1.165) is 19.3 Å². The van der Waals surface area contributed by atoms with Gasteiger partial charge in [0.1, 0.15) is 42.6 Å². The summed E-state index contributed by atoms with van der Waals surface area (Å²) in [7, 11) is -16.9. The average Bonchev–Trinajstić information content (AvgIpc) is 3.66. The maximum atomic E-state index is 13.0. The molecule has 2 aromatic heterocycles. The second kappa shape index (κ2) is 17.9. The zero-order valence-electron chi connectivity index (χ0n) is 28.1. The first-order chi connectivity index (χ1) is 26.1. The van der Waals surface area contributed by atoms with Gasteiger partial charge in [0.15, 0.2) is 6.61 Å². The molecule has 2 fully saturated rings. The quantitative estimate of drug-likeness (QED) is 0.0317. The molecule has 0 radical (unpaired) electrons. The molecule has 5 atom stereocenters. The smallest absolute Gasteiger partial charge is 0.490 e. The van der Waals surface area contributed by atoms with Crippen LogP contribution in [-0.4, -0.2) is 78.3 Å². The Labute approximate surface area is 309 Å². The van der Waals surface area contributed by atoms with Crippen LogP contribution in [0.2, 0.25) is 0 Å². The number of hydrogen-bond acceptors (Lipinski definition) is 16. The largest absolute Gasteiger partial charge is 0.490 e. The lowest BCUT2D eigenvalue weighted by atomic mass is 9.96. The summed E-state index contributed by atoms with van der Waals surface area (Å²) >= 11 is 0. The highest BCUT2D eigenvalue weighted by Gasteiger charge is 2.43. The maximum Gasteiger partial charge on any atom is 0.490 e. The first-order valence-corrected chi connectivity index (χ1v) is 20.2. The van der Waals surface area contributed by atoms with E-state index < -0.39 is 61.2 Å². The summed E-state index contributed by atoms with van der Waals surface area (Å²) < 4.78 is 71.5. The number of azide groups is 2. The van der Waals surface area contributed by atoms with Gasteiger partial charge in [0.05, 0.1) is 41.9 Å². The second-order valence-corrected chi connectivity index (χ2v) is 15.9. The standard InChI is InChI=1S/C27H31N10O15P3/c28-25-24-16(3-2-8-46-27(38)20-7-6-19(49-18-4-1-5-18)9-17(20)11-33-35-29)12-37(26(24)32-14-31-25)23-10-21(47-15-34-36-30)22(50-23)13-48-54(42,43)52-55(44,45)51-53(39,40)41/h6-7,9,12,14,18,21-23H,1,4-5,8,10-11,13,15H2,(H,42,43)(H,44,45)(H2,28,31,32)(H2,39,40,41)/t21-,22-,23-/m1/s1. The number of benzene rings is 1. The summed E-state index contributed by atoms with van der Waals surface area (Å²) in [6.45, 7) is -1.87. The predicted octanol–water partition coefficient (Wildman–Crippen LogP) is 4.25. The number of phosphoric acid groups is 3. The number of ether oxygens (including phenoxy) is 4. The predicted molar refractivity (Wildman–Crippen MR) is 184 cm³/mol. The van der Waals surface area contributed by atoms with Gasteiger partial charge in [-0.2, -0.15) is 8.62 Å². The fourth-order valence-electron chi connectivity index (χ4n) is 5.32. The van der Waals surface area contributed by atoms with Crippen LogP contribution in [0.5, 0.6) is 5.75 Å². The lowest BCUT2D eigenvalue weighted by Gasteiger charge is -2.26. The molecule has 2 unspecified atom stereocenters. The third-order valence-electron chi connectivity index (χ3n) is 7.81. The van der Waals surface area contributed by atoms with Crippen LogP contribution >= 0.6 is 23.5 Å². The number of anilines is 1. The summed E-state index contributed by atoms with van der Waals surface area (Å²) in [6, 6.07) is 4.76. The number of hydrogen-bond donors (Lipinski definition) is 5. The second-order valence-electron chi connectivity index (χ2n) is 11.5. The fraction of sp³-hybridized carbons (Fsp3) is 0.444. The van der Waals surface area contributed by atoms with E-state index in [0.29, 0.717) is 11.3 Å². The van der Waals surface area contributed by atoms with Crippen LogP contribution in [0.4, 0.5) is 5.82 Å². The molecule has 1 aliphatic carbocycles. The molecule has 1 saturated carbocycles. The van der Waals surface area contributed by atoms with Gasteiger partial charge >= 0.3 is 29.4 Å². The number of fused-ring (bicyclic) bond motifs is 1. The normalized spacial score (nSPS) is 20.5. The number of phosphoric ester groups is 1. The molecule has 25 nitrogen and oxygen atoms in total. The van der Waals surface area contributed by atoms with Crippen molar-refractivity contribution in [1.29, 1.82) is 0 Å². The van der Waals surface area contributed by atoms with Crippen LogP contribution in [0.3, 0.4) is 0 Å². The van der Waals surface area contributed by atoms with E-state index in [9.17, 15) is 28.3 Å². The Morgan fingerprint density at radius 3 is 2.55 bits per heavy atom. The molecule has 3 heterocycles. The minimum atomic E-state index is -5.79. The molecule has 3 aromatic rings. The van der Waals surface area contributed by atoms with Crippen molar-refractivity contribution in [2.75, 3.05) is 25.7 Å². The minimum Gasteiger partial charge on any atom is -0.490 e. The van der Waals surface area contributed by atoms with E-state index >= 15 is 0 Å². The fourth-order valence-corrected chi connectivity index (χ4v) is 8.35. The number of esters is 1. The lowest BCUT2D eigenvalue weighted by molar-refractivity contribution is -0.0582. The topological polar surface area (TPSA) is 368 Å². The van der Waals surface area contributed by atoms with Crippen molar-refractivity contribution in [3.05, 3.63) is 68.3 Å². The molecule has 0 bridgehead atoms. The molecular weight excluding hydrogens is 797 g/mol. The number of nitrogens with two attached hydrogens (primary N) is 1. The van der Waals surface area contributed by atoms with Crippen LogP contribution < -0.4 is 10.5 Å². The molecule has 0 spiro atoms. The van der Waals surface area contributed by atoms with Crippen molar-refractivity contribution in [3.63, 3.8) is 0 Å². The van der Waals surface area contributed by atoms with E-state index in [1.807, 2.05) is 0 Å². The van der Waals surface area contributed by atoms with Gasteiger partial charge < -0.3 is 48.8 Å². The monoisotopic (exact) mass is 828 g/mol. The molecule has 2 aliphatic rings. The summed E-state index contributed by atoms with van der Waals surface area (Å²) in [5, 5.41) is 7.13. The van der Waals surface area contributed by atoms with Gasteiger partial charge in [0, 0.05) is 22.4 Å². The number of rotatable bonds is 17. The highest BCUT2D eigenvalue weighted by Crippen LogP contribution is 2.66. The highest BCUT2D eigenvalue weighted by atomic mass is 31.3. The Hall–Kier alpha value is -4.58. The van der Waals surface area contributed by atoms with Gasteiger partial charge in [-0.1, -0.05) is 22.1 Å². The average molecular weight is 829 g/mol. The Bertz CT molecular complexity index is 2230. The van der Waals surface area contributed by atoms with Gasteiger partial charge in [-0.05, 0) is 54.1 Å². The number of carbonyl (C=O) groups excluding carboxylic acids is 1. The molecule has 6 N–H and O–H groups in total. The molecule has 5 rings (SSSR count). The SMILES string of the molecule is [N-]=[N+]=NCO[C@@H]1C[C@H](n2cc(C#CCOC(=O)c3ccc(OC4CCC4)cc3CN=[N+]=[N-])c3c(N)ncnc32)O[C@@H]1COP(=O)(O)OP(=O)(O)OP(=O)(O)O. The minimum absolute atomic E-state index is 0.0234. The van der Waals surface area contributed by atoms with E-state index in [2.05, 4.69) is 50.5 Å². The summed E-state index contributed by atoms with van der Waals surface area (Å²) in [4.78, 5) is 63.5. The van der Waals surface area contributed by atoms with Crippen molar-refractivity contribution >= 4 is 46.3 Å². The van der Waals surface area contributed by atoms with E-state index in [1.54, 1.807) is 12.1 Å². The Morgan fingerprint density at radius 1 is 1.09 bits per heavy atom. The van der Waals surface area contributed by atoms with Crippen LogP contribution in [-0.2, 0) is 47.6 Å². The van der Waals surface area contributed by atoms with Crippen molar-refractivity contribution in [2.45, 2.75) is 56.8 Å². The zero-order valence-corrected chi connectivity index (χ0v) is 30.8. The number of aromatic nitrogens is 3. The molecular formula is C27H31N10O15P3. The number of nitrogens with zero attached hydrogens (tertiary/aromatic N) is 9. The van der Waals surface area contributed by atoms with Gasteiger partial charge in [-0.3, -0.25) is 4.52 Å². The van der Waals surface area contributed by atoms with Gasteiger partial charge in [-0.25, -0.2) is 28.5 Å². The summed E-state index contributed by atoms with van der Waals surface area (Å²) in [5.74, 6) is 5.41. The number of nitrogen functional groups attached to an aromatic ring is 1. The van der Waals surface area contributed by atoms with E-state index in [-0.39, 0.29) is 53.7 Å². The van der Waals surface area contributed by atoms with Crippen LogP contribution in [0, 0.1) is 11.8 Å². The maximum absolute atomic E-state index is 13.0. The van der Waals surface area contributed by atoms with E-state index in [1.165, 1.54) is 23.2 Å². The van der Waals surface area contributed by atoms with Crippen molar-refractivity contribution in [2.24, 2.45) is 10.2 Å². The van der Waals surface area contributed by atoms with Gasteiger partial charge in [0.2, 0.25) is 0 Å². The Morgan fingerprint density at radius 2 is 1.85 bits per heavy atom. The molecule has 294 valence electrons. The van der Waals surface area contributed by atoms with Crippen molar-refractivity contribution < 1.29 is 70.2 Å². The molecule has 0 amide bonds. The Balaban J connectivity index is 1.31. The first-order valence-electron chi connectivity index (χ1n) is 15.7. The molecule has 28 heteroatoms. The van der Waals surface area contributed by atoms with Crippen molar-refractivity contribution in [3.8, 4) is 17.6 Å². The van der Waals surface area contributed by atoms with Gasteiger partial charge in [0.25, 0.3) is 0 Å². The van der Waals surface area contributed by atoms with Crippen LogP contribution in [0.1, 0.15) is 53.4 Å². The molecule has 1 aliphatic heterocycles. The van der Waals surface area contributed by atoms with Crippen LogP contribution in [0.15, 0.2) is 41.0 Å². The third-order valence-corrected chi connectivity index (χ3v) is 11.6. The highest BCUT2D eigenvalue weighted by molar-refractivity contribution is 7.66.